The van der Waals surface area contributed by atoms with Crippen molar-refractivity contribution < 1.29 is 9.47 Å². The van der Waals surface area contributed by atoms with E-state index in [4.69, 9.17) is 9.47 Å². The van der Waals surface area contributed by atoms with E-state index >= 15 is 0 Å². The third kappa shape index (κ3) is 6.95. The Labute approximate surface area is 124 Å². The van der Waals surface area contributed by atoms with Crippen LogP contribution in [-0.2, 0) is 4.74 Å². The van der Waals surface area contributed by atoms with Gasteiger partial charge in [-0.05, 0) is 53.9 Å². The van der Waals surface area contributed by atoms with Gasteiger partial charge in [0.15, 0.2) is 0 Å². The molecule has 0 aliphatic carbocycles. The monoisotopic (exact) mass is 329 g/mol. The van der Waals surface area contributed by atoms with Gasteiger partial charge in [0.05, 0.1) is 17.7 Å². The van der Waals surface area contributed by atoms with Crippen molar-refractivity contribution in [1.82, 2.24) is 5.32 Å². The van der Waals surface area contributed by atoms with Gasteiger partial charge in [-0.15, -0.1) is 0 Å². The Morgan fingerprint density at radius 3 is 2.74 bits per heavy atom. The smallest absolute Gasteiger partial charge is 0.133 e. The highest BCUT2D eigenvalue weighted by Gasteiger charge is 2.01. The zero-order valence-electron chi connectivity index (χ0n) is 12.0. The average molecular weight is 330 g/mol. The van der Waals surface area contributed by atoms with E-state index in [1.165, 1.54) is 5.56 Å². The molecule has 0 unspecified atom stereocenters. The van der Waals surface area contributed by atoms with Crippen LogP contribution < -0.4 is 10.1 Å². The van der Waals surface area contributed by atoms with Crippen LogP contribution >= 0.6 is 15.9 Å². The van der Waals surface area contributed by atoms with Gasteiger partial charge in [0.25, 0.3) is 0 Å². The molecule has 0 bridgehead atoms. The van der Waals surface area contributed by atoms with Crippen molar-refractivity contribution in [2.45, 2.75) is 33.2 Å². The molecule has 0 saturated carbocycles. The molecule has 0 aromatic heterocycles. The highest BCUT2D eigenvalue weighted by Crippen LogP contribution is 2.25. The van der Waals surface area contributed by atoms with Gasteiger partial charge in [0, 0.05) is 12.6 Å². The molecule has 108 valence electrons. The first-order valence-electron chi connectivity index (χ1n) is 6.83. The van der Waals surface area contributed by atoms with Crippen molar-refractivity contribution in [2.75, 3.05) is 26.4 Å². The molecule has 0 aliphatic heterocycles. The van der Waals surface area contributed by atoms with Gasteiger partial charge < -0.3 is 14.8 Å². The van der Waals surface area contributed by atoms with Gasteiger partial charge in [0.1, 0.15) is 12.4 Å². The Hall–Kier alpha value is -0.580. The first kappa shape index (κ1) is 16.5. The molecule has 0 radical (unpaired) electrons. The lowest BCUT2D eigenvalue weighted by Crippen LogP contribution is -2.29. The van der Waals surface area contributed by atoms with Gasteiger partial charge in [-0.3, -0.25) is 0 Å². The van der Waals surface area contributed by atoms with E-state index < -0.39 is 0 Å². The average Bonchev–Trinajstić information content (AvgIpc) is 2.39. The first-order valence-corrected chi connectivity index (χ1v) is 7.63. The van der Waals surface area contributed by atoms with Crippen LogP contribution in [0.25, 0.3) is 0 Å². The summed E-state index contributed by atoms with van der Waals surface area (Å²) < 4.78 is 12.2. The fraction of sp³-hybridized carbons (Fsp3) is 0.600. The van der Waals surface area contributed by atoms with Gasteiger partial charge >= 0.3 is 0 Å². The number of halogens is 1. The lowest BCUT2D eigenvalue weighted by Gasteiger charge is -2.12. The predicted octanol–water partition coefficient (Wildman–Crippen LogP) is 3.54. The maximum absolute atomic E-state index is 5.65. The van der Waals surface area contributed by atoms with E-state index in [2.05, 4.69) is 42.0 Å². The molecule has 0 fully saturated rings. The van der Waals surface area contributed by atoms with Crippen LogP contribution in [0, 0.1) is 6.92 Å². The first-order chi connectivity index (χ1) is 9.13. The maximum Gasteiger partial charge on any atom is 0.133 e. The standard InChI is InChI=1S/C15H24BrNO2/c1-4-13(3)17-7-8-18-9-10-19-15-6-5-12(2)11-14(15)16/h5-6,11,13,17H,4,7-10H2,1-3H3/t13-/m1/s1. The number of hydrogen-bond donors (Lipinski definition) is 1. The van der Waals surface area contributed by atoms with Crippen molar-refractivity contribution in [1.29, 1.82) is 0 Å². The van der Waals surface area contributed by atoms with Gasteiger partial charge in [-0.2, -0.15) is 0 Å². The van der Waals surface area contributed by atoms with Gasteiger partial charge in [-0.25, -0.2) is 0 Å². The van der Waals surface area contributed by atoms with E-state index in [0.717, 1.165) is 29.8 Å². The molecule has 3 nitrogen and oxygen atoms in total. The van der Waals surface area contributed by atoms with Crippen LogP contribution in [0.4, 0.5) is 0 Å². The summed E-state index contributed by atoms with van der Waals surface area (Å²) in [6.45, 7) is 9.21. The Morgan fingerprint density at radius 2 is 2.05 bits per heavy atom. The Balaban J connectivity index is 2.07. The normalized spacial score (nSPS) is 12.4. The summed E-state index contributed by atoms with van der Waals surface area (Å²) in [5.74, 6) is 0.868. The molecular formula is C15H24BrNO2. The third-order valence-corrected chi connectivity index (χ3v) is 3.54. The largest absolute Gasteiger partial charge is 0.490 e. The molecule has 1 N–H and O–H groups in total. The fourth-order valence-electron chi connectivity index (χ4n) is 1.56. The molecule has 0 aliphatic rings. The Bertz CT molecular complexity index is 371. The SMILES string of the molecule is CC[C@@H](C)NCCOCCOc1ccc(C)cc1Br. The van der Waals surface area contributed by atoms with Crippen molar-refractivity contribution in [3.05, 3.63) is 28.2 Å². The molecule has 4 heteroatoms. The van der Waals surface area contributed by atoms with Gasteiger partial charge in [-0.1, -0.05) is 13.0 Å². The summed E-state index contributed by atoms with van der Waals surface area (Å²) in [5, 5.41) is 3.38. The molecule has 0 saturated heterocycles. The maximum atomic E-state index is 5.65. The molecule has 0 amide bonds. The molecule has 1 aromatic carbocycles. The van der Waals surface area contributed by atoms with E-state index in [0.29, 0.717) is 19.3 Å². The molecule has 1 atom stereocenters. The van der Waals surface area contributed by atoms with Crippen LogP contribution in [0.2, 0.25) is 0 Å². The zero-order valence-corrected chi connectivity index (χ0v) is 13.6. The highest BCUT2D eigenvalue weighted by molar-refractivity contribution is 9.10. The second kappa shape index (κ2) is 9.34. The second-order valence-corrected chi connectivity index (χ2v) is 5.51. The number of nitrogens with one attached hydrogen (secondary N) is 1. The minimum atomic E-state index is 0.559. The highest BCUT2D eigenvalue weighted by atomic mass is 79.9. The predicted molar refractivity (Wildman–Crippen MR) is 82.9 cm³/mol. The number of rotatable bonds is 9. The number of ether oxygens (including phenoxy) is 2. The lowest BCUT2D eigenvalue weighted by atomic mass is 10.2. The molecule has 0 spiro atoms. The van der Waals surface area contributed by atoms with E-state index in [1.807, 2.05) is 18.2 Å². The summed E-state index contributed by atoms with van der Waals surface area (Å²) in [4.78, 5) is 0. The van der Waals surface area contributed by atoms with Crippen molar-refractivity contribution in [3.8, 4) is 5.75 Å². The van der Waals surface area contributed by atoms with E-state index in [-0.39, 0.29) is 0 Å². The van der Waals surface area contributed by atoms with E-state index in [1.54, 1.807) is 0 Å². The molecule has 1 rings (SSSR count). The lowest BCUT2D eigenvalue weighted by molar-refractivity contribution is 0.100. The fourth-order valence-corrected chi connectivity index (χ4v) is 2.17. The Kier molecular flexibility index (Phi) is 8.10. The number of benzene rings is 1. The quantitative estimate of drug-likeness (QED) is 0.703. The van der Waals surface area contributed by atoms with Crippen LogP contribution in [0.1, 0.15) is 25.8 Å². The van der Waals surface area contributed by atoms with Crippen LogP contribution in [0.15, 0.2) is 22.7 Å². The molecule has 19 heavy (non-hydrogen) atoms. The van der Waals surface area contributed by atoms with Crippen molar-refractivity contribution >= 4 is 15.9 Å². The summed E-state index contributed by atoms with van der Waals surface area (Å²) in [5.41, 5.74) is 1.21. The summed E-state index contributed by atoms with van der Waals surface area (Å²) >= 11 is 3.49. The van der Waals surface area contributed by atoms with Crippen LogP contribution in [-0.4, -0.2) is 32.4 Å². The summed E-state index contributed by atoms with van der Waals surface area (Å²) in [6, 6.07) is 6.62. The van der Waals surface area contributed by atoms with Crippen LogP contribution in [0.3, 0.4) is 0 Å². The zero-order chi connectivity index (χ0) is 14.1. The molecule has 1 aromatic rings. The Morgan fingerprint density at radius 1 is 1.26 bits per heavy atom. The van der Waals surface area contributed by atoms with E-state index in [9.17, 15) is 0 Å². The third-order valence-electron chi connectivity index (χ3n) is 2.92. The molecular weight excluding hydrogens is 306 g/mol. The minimum Gasteiger partial charge on any atom is -0.490 e. The minimum absolute atomic E-state index is 0.559. The van der Waals surface area contributed by atoms with Crippen molar-refractivity contribution in [3.63, 3.8) is 0 Å². The van der Waals surface area contributed by atoms with Crippen molar-refractivity contribution in [2.24, 2.45) is 0 Å². The molecule has 0 heterocycles. The number of hydrogen-bond acceptors (Lipinski definition) is 3. The summed E-state index contributed by atoms with van der Waals surface area (Å²) in [7, 11) is 0. The second-order valence-electron chi connectivity index (χ2n) is 4.66. The summed E-state index contributed by atoms with van der Waals surface area (Å²) in [6.07, 6.45) is 1.14. The van der Waals surface area contributed by atoms with Crippen LogP contribution in [0.5, 0.6) is 5.75 Å². The number of aryl methyl sites for hydroxylation is 1. The van der Waals surface area contributed by atoms with Gasteiger partial charge in [0.2, 0.25) is 0 Å². The topological polar surface area (TPSA) is 30.5 Å².